The van der Waals surface area contributed by atoms with Crippen molar-refractivity contribution in [2.24, 2.45) is 0 Å². The minimum absolute atomic E-state index is 0.106. The number of carbonyl (C=O) groups excluding carboxylic acids is 1. The Bertz CT molecular complexity index is 1140. The molecule has 0 fully saturated rings. The Hall–Kier alpha value is -3.52. The third-order valence-electron chi connectivity index (χ3n) is 5.74. The van der Waals surface area contributed by atoms with Gasteiger partial charge in [0.2, 0.25) is 0 Å². The number of aromatic amines is 1. The van der Waals surface area contributed by atoms with Gasteiger partial charge < -0.3 is 24.2 Å². The van der Waals surface area contributed by atoms with Gasteiger partial charge in [-0.05, 0) is 50.1 Å². The average molecular weight is 452 g/mol. The zero-order valence-electron chi connectivity index (χ0n) is 19.3. The summed E-state index contributed by atoms with van der Waals surface area (Å²) in [6.45, 7) is 5.04. The summed E-state index contributed by atoms with van der Waals surface area (Å²) in [5.74, 6) is 1.15. The molecule has 0 saturated heterocycles. The summed E-state index contributed by atoms with van der Waals surface area (Å²) in [5, 5.41) is 17.8. The van der Waals surface area contributed by atoms with Crippen molar-refractivity contribution < 1.29 is 24.1 Å². The minimum atomic E-state index is -0.403. The van der Waals surface area contributed by atoms with Crippen LogP contribution in [0.15, 0.2) is 42.5 Å². The third kappa shape index (κ3) is 4.26. The fourth-order valence-electron chi connectivity index (χ4n) is 4.23. The smallest absolute Gasteiger partial charge is 0.273 e. The number of aromatic nitrogens is 2. The highest BCUT2D eigenvalue weighted by Crippen LogP contribution is 2.45. The van der Waals surface area contributed by atoms with E-state index in [1.165, 1.54) is 0 Å². The predicted molar refractivity (Wildman–Crippen MR) is 124 cm³/mol. The van der Waals surface area contributed by atoms with Crippen LogP contribution in [0.3, 0.4) is 0 Å². The van der Waals surface area contributed by atoms with Crippen molar-refractivity contribution in [1.82, 2.24) is 15.1 Å². The second-order valence-electron chi connectivity index (χ2n) is 8.17. The van der Waals surface area contributed by atoms with E-state index in [1.807, 2.05) is 43.0 Å². The fourth-order valence-corrected chi connectivity index (χ4v) is 4.23. The average Bonchev–Trinajstić information content (AvgIpc) is 3.35. The molecule has 0 aliphatic carbocycles. The number of benzene rings is 2. The largest absolute Gasteiger partial charge is 0.507 e. The highest BCUT2D eigenvalue weighted by atomic mass is 16.5. The maximum Gasteiger partial charge on any atom is 0.273 e. The SMILES string of the molecule is COc1ccc([C@@H]2c3c(-c4ccccc4O)n[nH]c3C(=O)N2CCCOC(C)C)cc1OC. The van der Waals surface area contributed by atoms with Crippen LogP contribution in [-0.4, -0.2) is 59.6 Å². The molecule has 1 aliphatic rings. The first-order valence-corrected chi connectivity index (χ1v) is 11.0. The van der Waals surface area contributed by atoms with Gasteiger partial charge in [-0.2, -0.15) is 5.10 Å². The number of nitrogens with one attached hydrogen (secondary N) is 1. The van der Waals surface area contributed by atoms with Gasteiger partial charge in [-0.25, -0.2) is 0 Å². The molecule has 0 bridgehead atoms. The lowest BCUT2D eigenvalue weighted by Crippen LogP contribution is -2.31. The second kappa shape index (κ2) is 9.54. The van der Waals surface area contributed by atoms with Crippen molar-refractivity contribution in [2.75, 3.05) is 27.4 Å². The van der Waals surface area contributed by atoms with Gasteiger partial charge in [0.15, 0.2) is 11.5 Å². The molecule has 3 aromatic rings. The highest BCUT2D eigenvalue weighted by Gasteiger charge is 2.42. The second-order valence-corrected chi connectivity index (χ2v) is 8.17. The van der Waals surface area contributed by atoms with Crippen LogP contribution < -0.4 is 9.47 Å². The fraction of sp³-hybridized carbons (Fsp3) is 0.360. The summed E-state index contributed by atoms with van der Waals surface area (Å²) in [5.41, 5.74) is 3.15. The van der Waals surface area contributed by atoms with E-state index in [-0.39, 0.29) is 17.8 Å². The van der Waals surface area contributed by atoms with E-state index in [9.17, 15) is 9.90 Å². The number of phenolic OH excluding ortho intramolecular Hbond substituents is 1. The zero-order valence-corrected chi connectivity index (χ0v) is 19.3. The highest BCUT2D eigenvalue weighted by molar-refractivity contribution is 6.00. The molecule has 33 heavy (non-hydrogen) atoms. The number of nitrogens with zero attached hydrogens (tertiary/aromatic N) is 2. The van der Waals surface area contributed by atoms with Crippen LogP contribution in [0.5, 0.6) is 17.2 Å². The van der Waals surface area contributed by atoms with Gasteiger partial charge in [0.25, 0.3) is 5.91 Å². The molecule has 1 atom stereocenters. The molecule has 4 rings (SSSR count). The summed E-state index contributed by atoms with van der Waals surface area (Å²) in [4.78, 5) is 15.2. The first kappa shape index (κ1) is 22.7. The Morgan fingerprint density at radius 2 is 1.88 bits per heavy atom. The van der Waals surface area contributed by atoms with Gasteiger partial charge in [0.05, 0.1) is 26.4 Å². The maximum absolute atomic E-state index is 13.4. The number of carbonyl (C=O) groups is 1. The van der Waals surface area contributed by atoms with Gasteiger partial charge in [0.1, 0.15) is 17.1 Å². The molecule has 0 unspecified atom stereocenters. The molecular weight excluding hydrogens is 422 g/mol. The molecule has 2 aromatic carbocycles. The monoisotopic (exact) mass is 451 g/mol. The molecule has 1 aromatic heterocycles. The lowest BCUT2D eigenvalue weighted by molar-refractivity contribution is 0.0601. The van der Waals surface area contributed by atoms with E-state index in [1.54, 1.807) is 32.4 Å². The molecule has 1 aliphatic heterocycles. The van der Waals surface area contributed by atoms with Gasteiger partial charge in [-0.3, -0.25) is 9.89 Å². The Balaban J connectivity index is 1.79. The molecule has 0 spiro atoms. The molecular formula is C25H29N3O5. The van der Waals surface area contributed by atoms with Crippen LogP contribution in [0, 0.1) is 0 Å². The van der Waals surface area contributed by atoms with Crippen LogP contribution in [0.25, 0.3) is 11.3 Å². The van der Waals surface area contributed by atoms with Gasteiger partial charge in [-0.15, -0.1) is 0 Å². The van der Waals surface area contributed by atoms with Gasteiger partial charge in [0, 0.05) is 24.3 Å². The van der Waals surface area contributed by atoms with Crippen molar-refractivity contribution >= 4 is 5.91 Å². The molecule has 8 heteroatoms. The Morgan fingerprint density at radius 3 is 2.58 bits per heavy atom. The van der Waals surface area contributed by atoms with Crippen molar-refractivity contribution in [3.8, 4) is 28.5 Å². The number of fused-ring (bicyclic) bond motifs is 1. The molecule has 0 saturated carbocycles. The molecule has 8 nitrogen and oxygen atoms in total. The number of methoxy groups -OCH3 is 2. The summed E-state index contributed by atoms with van der Waals surface area (Å²) >= 11 is 0. The number of H-pyrrole nitrogens is 1. The topological polar surface area (TPSA) is 96.9 Å². The number of amides is 1. The number of hydrogen-bond donors (Lipinski definition) is 2. The van der Waals surface area contributed by atoms with E-state index in [0.717, 1.165) is 11.1 Å². The van der Waals surface area contributed by atoms with Crippen molar-refractivity contribution in [2.45, 2.75) is 32.4 Å². The number of rotatable bonds is 9. The van der Waals surface area contributed by atoms with Crippen LogP contribution in [0.4, 0.5) is 0 Å². The summed E-state index contributed by atoms with van der Waals surface area (Å²) in [6, 6.07) is 12.2. The molecule has 1 amide bonds. The zero-order chi connectivity index (χ0) is 23.5. The molecule has 2 heterocycles. The van der Waals surface area contributed by atoms with Gasteiger partial charge >= 0.3 is 0 Å². The Kier molecular flexibility index (Phi) is 6.55. The first-order valence-electron chi connectivity index (χ1n) is 11.0. The number of ether oxygens (including phenoxy) is 3. The third-order valence-corrected chi connectivity index (χ3v) is 5.74. The summed E-state index contributed by atoms with van der Waals surface area (Å²) in [7, 11) is 3.17. The van der Waals surface area contributed by atoms with E-state index >= 15 is 0 Å². The first-order chi connectivity index (χ1) is 16.0. The Morgan fingerprint density at radius 1 is 1.12 bits per heavy atom. The van der Waals surface area contributed by atoms with E-state index in [2.05, 4.69) is 10.2 Å². The van der Waals surface area contributed by atoms with Crippen LogP contribution >= 0.6 is 0 Å². The maximum atomic E-state index is 13.4. The van der Waals surface area contributed by atoms with Crippen molar-refractivity contribution in [3.63, 3.8) is 0 Å². The van der Waals surface area contributed by atoms with Crippen LogP contribution in [0.2, 0.25) is 0 Å². The number of phenols is 1. The van der Waals surface area contributed by atoms with Gasteiger partial charge in [-0.1, -0.05) is 18.2 Å². The van der Waals surface area contributed by atoms with Crippen LogP contribution in [-0.2, 0) is 4.74 Å². The Labute approximate surface area is 193 Å². The molecule has 0 radical (unpaired) electrons. The lowest BCUT2D eigenvalue weighted by Gasteiger charge is -2.27. The predicted octanol–water partition coefficient (Wildman–Crippen LogP) is 4.16. The van der Waals surface area contributed by atoms with E-state index in [4.69, 9.17) is 14.2 Å². The number of para-hydroxylation sites is 1. The number of hydrogen-bond acceptors (Lipinski definition) is 6. The van der Waals surface area contributed by atoms with E-state index in [0.29, 0.717) is 48.0 Å². The summed E-state index contributed by atoms with van der Waals surface area (Å²) < 4.78 is 16.6. The van der Waals surface area contributed by atoms with Crippen LogP contribution in [0.1, 0.15) is 47.9 Å². The van der Waals surface area contributed by atoms with Crippen molar-refractivity contribution in [1.29, 1.82) is 0 Å². The quantitative estimate of drug-likeness (QED) is 0.474. The normalized spacial score (nSPS) is 15.2. The standard InChI is InChI=1S/C25H29N3O5/c1-15(2)33-13-7-12-28-24(16-10-11-19(31-3)20(14-16)32-4)21-22(26-27-23(21)25(28)30)17-8-5-6-9-18(17)29/h5-6,8-11,14-15,24,29H,7,12-13H2,1-4H3,(H,26,27)/t24-/m1/s1. The molecule has 174 valence electrons. The van der Waals surface area contributed by atoms with E-state index < -0.39 is 6.04 Å². The molecule has 2 N–H and O–H groups in total. The van der Waals surface area contributed by atoms with Crippen molar-refractivity contribution in [3.05, 3.63) is 59.3 Å². The number of aromatic hydroxyl groups is 1. The lowest BCUT2D eigenvalue weighted by atomic mass is 9.95. The summed E-state index contributed by atoms with van der Waals surface area (Å²) in [6.07, 6.45) is 0.822. The minimum Gasteiger partial charge on any atom is -0.507 e.